The van der Waals surface area contributed by atoms with Gasteiger partial charge in [-0.05, 0) is 43.3 Å². The van der Waals surface area contributed by atoms with E-state index in [0.717, 1.165) is 11.3 Å². The van der Waals surface area contributed by atoms with Gasteiger partial charge in [-0.2, -0.15) is 5.26 Å². The molecule has 0 unspecified atom stereocenters. The molecule has 0 bridgehead atoms. The number of nitrogens with one attached hydrogen (secondary N) is 1. The van der Waals surface area contributed by atoms with E-state index in [2.05, 4.69) is 11.4 Å². The number of rotatable bonds is 6. The second-order valence-electron chi connectivity index (χ2n) is 6.06. The Morgan fingerprint density at radius 3 is 2.42 bits per heavy atom. The van der Waals surface area contributed by atoms with Gasteiger partial charge in [0.25, 0.3) is 5.91 Å². The van der Waals surface area contributed by atoms with Gasteiger partial charge in [0.2, 0.25) is 0 Å². The topological polar surface area (TPSA) is 82.6 Å². The molecule has 3 aromatic rings. The predicted molar refractivity (Wildman–Crippen MR) is 98.2 cm³/mol. The number of carbonyl (C=O) groups is 1. The standard InChI is InChI=1S/C21H19N3O2/c1-15(21(25)24-18-11-9-16(14-22)10-12-18)23-20(19-8-5-13-26-19)17-6-3-2-4-7-17/h2-13,15,20,23H,1H3,(H,24,25)/p+1/t15-,20-/m0/s1. The van der Waals surface area contributed by atoms with Crippen molar-refractivity contribution in [3.63, 3.8) is 0 Å². The van der Waals surface area contributed by atoms with Crippen LogP contribution in [0.1, 0.15) is 29.9 Å². The summed E-state index contributed by atoms with van der Waals surface area (Å²) < 4.78 is 5.58. The van der Waals surface area contributed by atoms with Crippen LogP contribution in [0.25, 0.3) is 0 Å². The van der Waals surface area contributed by atoms with E-state index in [4.69, 9.17) is 9.68 Å². The molecular formula is C21H20N3O2+. The van der Waals surface area contributed by atoms with Crippen molar-refractivity contribution in [2.24, 2.45) is 0 Å². The van der Waals surface area contributed by atoms with E-state index in [9.17, 15) is 4.79 Å². The van der Waals surface area contributed by atoms with Crippen molar-refractivity contribution in [1.29, 1.82) is 5.26 Å². The van der Waals surface area contributed by atoms with Gasteiger partial charge >= 0.3 is 0 Å². The minimum absolute atomic E-state index is 0.104. The van der Waals surface area contributed by atoms with Crippen molar-refractivity contribution in [3.05, 3.63) is 89.9 Å². The predicted octanol–water partition coefficient (Wildman–Crippen LogP) is 2.83. The number of benzene rings is 2. The van der Waals surface area contributed by atoms with E-state index in [1.165, 1.54) is 0 Å². The molecule has 0 saturated carbocycles. The lowest BCUT2D eigenvalue weighted by Gasteiger charge is -2.18. The van der Waals surface area contributed by atoms with Crippen molar-refractivity contribution < 1.29 is 14.5 Å². The molecule has 0 radical (unpaired) electrons. The molecule has 0 aliphatic heterocycles. The Hall–Kier alpha value is -3.36. The summed E-state index contributed by atoms with van der Waals surface area (Å²) in [6, 6.07) is 22.2. The average molecular weight is 346 g/mol. The number of nitriles is 1. The van der Waals surface area contributed by atoms with Crippen molar-refractivity contribution in [1.82, 2.24) is 0 Å². The maximum absolute atomic E-state index is 12.6. The lowest BCUT2D eigenvalue weighted by Crippen LogP contribution is -2.92. The van der Waals surface area contributed by atoms with Crippen LogP contribution in [-0.2, 0) is 4.79 Å². The first-order chi connectivity index (χ1) is 12.7. The van der Waals surface area contributed by atoms with E-state index in [1.54, 1.807) is 30.5 Å². The summed E-state index contributed by atoms with van der Waals surface area (Å²) in [5, 5.41) is 13.7. The maximum Gasteiger partial charge on any atom is 0.282 e. The van der Waals surface area contributed by atoms with Gasteiger partial charge in [-0.3, -0.25) is 4.79 Å². The van der Waals surface area contributed by atoms with Crippen LogP contribution in [0.4, 0.5) is 5.69 Å². The minimum Gasteiger partial charge on any atom is -0.463 e. The maximum atomic E-state index is 12.6. The Balaban J connectivity index is 1.72. The molecule has 5 nitrogen and oxygen atoms in total. The number of hydrogen-bond donors (Lipinski definition) is 2. The molecule has 0 aliphatic carbocycles. The zero-order chi connectivity index (χ0) is 18.4. The molecule has 2 atom stereocenters. The Bertz CT molecular complexity index is 881. The summed E-state index contributed by atoms with van der Waals surface area (Å²) in [5.74, 6) is 0.691. The van der Waals surface area contributed by atoms with Gasteiger partial charge in [0, 0.05) is 11.3 Å². The van der Waals surface area contributed by atoms with Gasteiger partial charge in [-0.25, -0.2) is 0 Å². The SMILES string of the molecule is C[C@H]([NH2+][C@@H](c1ccccc1)c1ccco1)C(=O)Nc1ccc(C#N)cc1. The number of nitrogens with two attached hydrogens (primary N) is 1. The Labute approximate surface area is 152 Å². The molecule has 2 aromatic carbocycles. The number of amides is 1. The molecule has 3 rings (SSSR count). The normalized spacial score (nSPS) is 12.8. The van der Waals surface area contributed by atoms with Gasteiger partial charge in [0.15, 0.2) is 17.8 Å². The Morgan fingerprint density at radius 1 is 1.08 bits per heavy atom. The molecule has 1 heterocycles. The van der Waals surface area contributed by atoms with Crippen LogP contribution in [-0.4, -0.2) is 11.9 Å². The number of carbonyl (C=O) groups excluding carboxylic acids is 1. The van der Waals surface area contributed by atoms with Gasteiger partial charge < -0.3 is 15.1 Å². The summed E-state index contributed by atoms with van der Waals surface area (Å²) in [6.07, 6.45) is 1.64. The highest BCUT2D eigenvalue weighted by Crippen LogP contribution is 2.18. The van der Waals surface area contributed by atoms with Gasteiger partial charge in [0.05, 0.1) is 17.9 Å². The van der Waals surface area contributed by atoms with Gasteiger partial charge in [-0.15, -0.1) is 0 Å². The number of quaternary nitrogens is 1. The molecule has 1 amide bonds. The summed E-state index contributed by atoms with van der Waals surface area (Å²) in [6.45, 7) is 1.86. The molecule has 0 saturated heterocycles. The largest absolute Gasteiger partial charge is 0.463 e. The number of nitrogens with zero attached hydrogens (tertiary/aromatic N) is 1. The first-order valence-electron chi connectivity index (χ1n) is 8.41. The lowest BCUT2D eigenvalue weighted by molar-refractivity contribution is -0.706. The molecule has 3 N–H and O–H groups in total. The van der Waals surface area contributed by atoms with Crippen LogP contribution in [0.15, 0.2) is 77.4 Å². The zero-order valence-corrected chi connectivity index (χ0v) is 14.4. The van der Waals surface area contributed by atoms with Crippen LogP contribution in [0.5, 0.6) is 0 Å². The third-order valence-electron chi connectivity index (χ3n) is 4.18. The highest BCUT2D eigenvalue weighted by Gasteiger charge is 2.26. The highest BCUT2D eigenvalue weighted by atomic mass is 16.3. The van der Waals surface area contributed by atoms with Crippen molar-refractivity contribution >= 4 is 11.6 Å². The van der Waals surface area contributed by atoms with Crippen molar-refractivity contribution in [2.45, 2.75) is 19.0 Å². The van der Waals surface area contributed by atoms with Gasteiger partial charge in [-0.1, -0.05) is 30.3 Å². The van der Waals surface area contributed by atoms with E-state index in [-0.39, 0.29) is 18.0 Å². The fourth-order valence-corrected chi connectivity index (χ4v) is 2.76. The van der Waals surface area contributed by atoms with Crippen molar-refractivity contribution in [2.75, 3.05) is 5.32 Å². The average Bonchev–Trinajstić information content (AvgIpc) is 3.21. The first kappa shape index (κ1) is 17.5. The molecule has 130 valence electrons. The first-order valence-corrected chi connectivity index (χ1v) is 8.41. The molecule has 0 fully saturated rings. The lowest BCUT2D eigenvalue weighted by atomic mass is 10.0. The van der Waals surface area contributed by atoms with E-state index in [0.29, 0.717) is 11.3 Å². The van der Waals surface area contributed by atoms with E-state index in [1.807, 2.05) is 54.7 Å². The molecule has 1 aromatic heterocycles. The fraction of sp³-hybridized carbons (Fsp3) is 0.143. The quantitative estimate of drug-likeness (QED) is 0.720. The van der Waals surface area contributed by atoms with Crippen molar-refractivity contribution in [3.8, 4) is 6.07 Å². The van der Waals surface area contributed by atoms with E-state index < -0.39 is 0 Å². The Kier molecular flexibility index (Phi) is 5.47. The summed E-state index contributed by atoms with van der Waals surface area (Å²) in [4.78, 5) is 12.6. The molecule has 0 aliphatic rings. The summed E-state index contributed by atoms with van der Waals surface area (Å²) in [7, 11) is 0. The summed E-state index contributed by atoms with van der Waals surface area (Å²) in [5.41, 5.74) is 2.30. The highest BCUT2D eigenvalue weighted by molar-refractivity contribution is 5.93. The molecular weight excluding hydrogens is 326 g/mol. The molecule has 5 heteroatoms. The van der Waals surface area contributed by atoms with Crippen LogP contribution in [0.2, 0.25) is 0 Å². The minimum atomic E-state index is -0.332. The van der Waals surface area contributed by atoms with Crippen LogP contribution in [0.3, 0.4) is 0 Å². The van der Waals surface area contributed by atoms with Crippen LogP contribution < -0.4 is 10.6 Å². The third-order valence-corrected chi connectivity index (χ3v) is 4.18. The third kappa shape index (κ3) is 4.18. The second-order valence-corrected chi connectivity index (χ2v) is 6.06. The second kappa shape index (κ2) is 8.15. The Morgan fingerprint density at radius 2 is 1.81 bits per heavy atom. The van der Waals surface area contributed by atoms with Crippen LogP contribution >= 0.6 is 0 Å². The number of anilines is 1. The fourth-order valence-electron chi connectivity index (χ4n) is 2.76. The van der Waals surface area contributed by atoms with Gasteiger partial charge in [0.1, 0.15) is 0 Å². The van der Waals surface area contributed by atoms with Crippen LogP contribution in [0, 0.1) is 11.3 Å². The zero-order valence-electron chi connectivity index (χ0n) is 14.4. The number of hydrogen-bond acceptors (Lipinski definition) is 3. The number of furan rings is 1. The summed E-state index contributed by atoms with van der Waals surface area (Å²) >= 11 is 0. The molecule has 26 heavy (non-hydrogen) atoms. The smallest absolute Gasteiger partial charge is 0.282 e. The van der Waals surface area contributed by atoms with E-state index >= 15 is 0 Å². The molecule has 0 spiro atoms. The monoisotopic (exact) mass is 346 g/mol.